The Morgan fingerprint density at radius 3 is 2.90 bits per heavy atom. The highest BCUT2D eigenvalue weighted by Gasteiger charge is 2.19. The van der Waals surface area contributed by atoms with E-state index in [9.17, 15) is 0 Å². The zero-order chi connectivity index (χ0) is 15.1. The summed E-state index contributed by atoms with van der Waals surface area (Å²) in [5.74, 6) is 0. The summed E-state index contributed by atoms with van der Waals surface area (Å²) in [4.78, 5) is 2.48. The molecule has 0 bridgehead atoms. The maximum Gasteiger partial charge on any atom is 0.0700 e. The number of methoxy groups -OCH3 is 1. The van der Waals surface area contributed by atoms with Gasteiger partial charge in [0, 0.05) is 38.5 Å². The molecule has 1 aromatic rings. The van der Waals surface area contributed by atoms with Crippen molar-refractivity contribution in [3.8, 4) is 0 Å². The number of fused-ring (bicyclic) bond motifs is 1. The fraction of sp³-hybridized carbons (Fsp3) is 0.647. The number of rotatable bonds is 9. The number of ether oxygens (including phenoxy) is 2. The zero-order valence-corrected chi connectivity index (χ0v) is 13.5. The molecule has 0 saturated carbocycles. The van der Waals surface area contributed by atoms with E-state index >= 15 is 0 Å². The summed E-state index contributed by atoms with van der Waals surface area (Å²) in [5, 5.41) is 3.30. The first kappa shape index (κ1) is 16.3. The first-order chi connectivity index (χ1) is 10.3. The second-order valence-electron chi connectivity index (χ2n) is 5.59. The highest BCUT2D eigenvalue weighted by Crippen LogP contribution is 2.30. The summed E-state index contributed by atoms with van der Waals surface area (Å²) in [6.07, 6.45) is 2.22. The second-order valence-corrected chi connectivity index (χ2v) is 5.59. The number of benzene rings is 1. The van der Waals surface area contributed by atoms with E-state index in [0.29, 0.717) is 19.3 Å². The van der Waals surface area contributed by atoms with E-state index < -0.39 is 0 Å². The summed E-state index contributed by atoms with van der Waals surface area (Å²) in [7, 11) is 3.71. The maximum absolute atomic E-state index is 5.53. The standard InChI is InChI=1S/C17H28N2O2/c1-14(18-2)15-5-6-17-16(13-15)7-9-19(17)8-4-10-21-12-11-20-3/h5-6,13-14,18H,4,7-12H2,1-3H3. The predicted octanol–water partition coefficient (Wildman–Crippen LogP) is 2.38. The second kappa shape index (κ2) is 8.37. The molecule has 4 nitrogen and oxygen atoms in total. The number of hydrogen-bond acceptors (Lipinski definition) is 4. The van der Waals surface area contributed by atoms with Crippen molar-refractivity contribution in [3.63, 3.8) is 0 Å². The lowest BCUT2D eigenvalue weighted by Gasteiger charge is -2.20. The van der Waals surface area contributed by atoms with Crippen molar-refractivity contribution in [3.05, 3.63) is 29.3 Å². The lowest BCUT2D eigenvalue weighted by Crippen LogP contribution is -2.23. The molecule has 0 aliphatic carbocycles. The number of hydrogen-bond donors (Lipinski definition) is 1. The van der Waals surface area contributed by atoms with Gasteiger partial charge in [0.1, 0.15) is 0 Å². The van der Waals surface area contributed by atoms with E-state index in [1.165, 1.54) is 16.8 Å². The van der Waals surface area contributed by atoms with Crippen LogP contribution >= 0.6 is 0 Å². The molecule has 1 heterocycles. The van der Waals surface area contributed by atoms with E-state index in [4.69, 9.17) is 9.47 Å². The van der Waals surface area contributed by atoms with Crippen LogP contribution in [0.15, 0.2) is 18.2 Å². The Labute approximate surface area is 128 Å². The van der Waals surface area contributed by atoms with Crippen LogP contribution in [0.2, 0.25) is 0 Å². The van der Waals surface area contributed by atoms with Gasteiger partial charge < -0.3 is 19.7 Å². The van der Waals surface area contributed by atoms with Crippen molar-refractivity contribution in [2.75, 3.05) is 52.0 Å². The van der Waals surface area contributed by atoms with E-state index in [2.05, 4.69) is 35.3 Å². The van der Waals surface area contributed by atoms with Gasteiger partial charge in [0.15, 0.2) is 0 Å². The minimum absolute atomic E-state index is 0.415. The Kier molecular flexibility index (Phi) is 6.49. The van der Waals surface area contributed by atoms with Crippen LogP contribution in [-0.2, 0) is 15.9 Å². The summed E-state index contributed by atoms with van der Waals surface area (Å²) < 4.78 is 10.5. The third-order valence-electron chi connectivity index (χ3n) is 4.18. The van der Waals surface area contributed by atoms with Crippen molar-refractivity contribution in [1.82, 2.24) is 5.32 Å². The Bertz CT molecular complexity index is 437. The largest absolute Gasteiger partial charge is 0.382 e. The summed E-state index contributed by atoms with van der Waals surface area (Å²) in [5.41, 5.74) is 4.26. The fourth-order valence-corrected chi connectivity index (χ4v) is 2.76. The molecule has 0 spiro atoms. The molecule has 0 radical (unpaired) electrons. The fourth-order valence-electron chi connectivity index (χ4n) is 2.76. The van der Waals surface area contributed by atoms with Gasteiger partial charge in [-0.1, -0.05) is 12.1 Å². The van der Waals surface area contributed by atoms with Crippen molar-refractivity contribution in [1.29, 1.82) is 0 Å². The molecule has 4 heteroatoms. The SMILES string of the molecule is CNC(C)c1ccc2c(c1)CCN2CCCOCCOC. The molecule has 0 aromatic heterocycles. The average molecular weight is 292 g/mol. The van der Waals surface area contributed by atoms with Crippen LogP contribution in [0.1, 0.15) is 30.5 Å². The van der Waals surface area contributed by atoms with Gasteiger partial charge in [0.2, 0.25) is 0 Å². The molecule has 1 aromatic carbocycles. The summed E-state index contributed by atoms with van der Waals surface area (Å²) >= 11 is 0. The number of nitrogens with zero attached hydrogens (tertiary/aromatic N) is 1. The predicted molar refractivity (Wildman–Crippen MR) is 87.1 cm³/mol. The van der Waals surface area contributed by atoms with Gasteiger partial charge >= 0.3 is 0 Å². The van der Waals surface area contributed by atoms with Gasteiger partial charge in [-0.05, 0) is 44.0 Å². The summed E-state index contributed by atoms with van der Waals surface area (Å²) in [6, 6.07) is 7.29. The van der Waals surface area contributed by atoms with Gasteiger partial charge in [0.05, 0.1) is 13.2 Å². The molecule has 0 fully saturated rings. The highest BCUT2D eigenvalue weighted by molar-refractivity contribution is 5.59. The quantitative estimate of drug-likeness (QED) is 0.709. The normalized spacial score (nSPS) is 15.3. The molecule has 1 unspecified atom stereocenters. The van der Waals surface area contributed by atoms with Crippen molar-refractivity contribution in [2.45, 2.75) is 25.8 Å². The van der Waals surface area contributed by atoms with Crippen LogP contribution in [-0.4, -0.2) is 47.1 Å². The van der Waals surface area contributed by atoms with Gasteiger partial charge in [0.25, 0.3) is 0 Å². The number of nitrogens with one attached hydrogen (secondary N) is 1. The molecule has 2 rings (SSSR count). The van der Waals surface area contributed by atoms with Crippen LogP contribution in [0, 0.1) is 0 Å². The number of anilines is 1. The molecule has 21 heavy (non-hydrogen) atoms. The van der Waals surface area contributed by atoms with Crippen LogP contribution in [0.5, 0.6) is 0 Å². The van der Waals surface area contributed by atoms with Gasteiger partial charge in [-0.25, -0.2) is 0 Å². The zero-order valence-electron chi connectivity index (χ0n) is 13.5. The Morgan fingerprint density at radius 2 is 2.14 bits per heavy atom. The molecule has 0 amide bonds. The molecular formula is C17H28N2O2. The molecule has 1 N–H and O–H groups in total. The first-order valence-electron chi connectivity index (χ1n) is 7.88. The van der Waals surface area contributed by atoms with Crippen molar-refractivity contribution < 1.29 is 9.47 Å². The third-order valence-corrected chi connectivity index (χ3v) is 4.18. The Morgan fingerprint density at radius 1 is 1.29 bits per heavy atom. The van der Waals surface area contributed by atoms with Crippen molar-refractivity contribution >= 4 is 5.69 Å². The molecule has 1 aliphatic heterocycles. The molecule has 0 saturated heterocycles. The minimum atomic E-state index is 0.415. The molecule has 118 valence electrons. The van der Waals surface area contributed by atoms with E-state index in [1.54, 1.807) is 7.11 Å². The van der Waals surface area contributed by atoms with Crippen molar-refractivity contribution in [2.24, 2.45) is 0 Å². The average Bonchev–Trinajstić information content (AvgIpc) is 2.92. The van der Waals surface area contributed by atoms with Crippen LogP contribution in [0.25, 0.3) is 0 Å². The summed E-state index contributed by atoms with van der Waals surface area (Å²) in [6.45, 7) is 6.58. The minimum Gasteiger partial charge on any atom is -0.382 e. The van der Waals surface area contributed by atoms with Gasteiger partial charge in [-0.3, -0.25) is 0 Å². The maximum atomic E-state index is 5.53. The lowest BCUT2D eigenvalue weighted by molar-refractivity contribution is 0.0701. The Balaban J connectivity index is 1.82. The molecule has 1 atom stereocenters. The Hall–Kier alpha value is -1.10. The smallest absolute Gasteiger partial charge is 0.0700 e. The highest BCUT2D eigenvalue weighted by atomic mass is 16.5. The van der Waals surface area contributed by atoms with Crippen LogP contribution in [0.4, 0.5) is 5.69 Å². The van der Waals surface area contributed by atoms with Gasteiger partial charge in [-0.15, -0.1) is 0 Å². The van der Waals surface area contributed by atoms with Gasteiger partial charge in [-0.2, -0.15) is 0 Å². The van der Waals surface area contributed by atoms with Crippen LogP contribution in [0.3, 0.4) is 0 Å². The first-order valence-corrected chi connectivity index (χ1v) is 7.88. The molecular weight excluding hydrogens is 264 g/mol. The third kappa shape index (κ3) is 4.43. The van der Waals surface area contributed by atoms with E-state index in [-0.39, 0.29) is 0 Å². The lowest BCUT2D eigenvalue weighted by atomic mass is 10.0. The topological polar surface area (TPSA) is 33.7 Å². The molecule has 1 aliphatic rings. The monoisotopic (exact) mass is 292 g/mol. The van der Waals surface area contributed by atoms with E-state index in [1.807, 2.05) is 7.05 Å². The van der Waals surface area contributed by atoms with E-state index in [0.717, 1.165) is 32.5 Å². The van der Waals surface area contributed by atoms with Crippen LogP contribution < -0.4 is 10.2 Å².